The highest BCUT2D eigenvalue weighted by molar-refractivity contribution is 7.21. The molecule has 2 aromatic carbocycles. The van der Waals surface area contributed by atoms with Crippen LogP contribution >= 0.6 is 22.9 Å². The van der Waals surface area contributed by atoms with Crippen LogP contribution in [0.25, 0.3) is 10.1 Å². The van der Waals surface area contributed by atoms with Crippen LogP contribution < -0.4 is 4.74 Å². The van der Waals surface area contributed by atoms with Crippen LogP contribution in [0.1, 0.15) is 28.5 Å². The van der Waals surface area contributed by atoms with Gasteiger partial charge in [0.15, 0.2) is 0 Å². The Morgan fingerprint density at radius 3 is 2.83 bits per heavy atom. The van der Waals surface area contributed by atoms with Crippen LogP contribution in [0.5, 0.6) is 5.75 Å². The van der Waals surface area contributed by atoms with Crippen LogP contribution in [-0.2, 0) is 12.8 Å². The molecule has 0 radical (unpaired) electrons. The van der Waals surface area contributed by atoms with Gasteiger partial charge >= 0.3 is 0 Å². The molecule has 4 rings (SSSR count). The molecule has 0 saturated carbocycles. The molecule has 1 aromatic heterocycles. The summed E-state index contributed by atoms with van der Waals surface area (Å²) in [5, 5.41) is 1.91. The highest BCUT2D eigenvalue weighted by atomic mass is 35.5. The molecule has 0 bridgehead atoms. The maximum atomic E-state index is 6.69. The van der Waals surface area contributed by atoms with Crippen LogP contribution in [0.4, 0.5) is 0 Å². The fourth-order valence-electron chi connectivity index (χ4n) is 3.30. The van der Waals surface area contributed by atoms with Crippen LogP contribution in [-0.4, -0.2) is 19.4 Å². The maximum absolute atomic E-state index is 6.69. The molecule has 1 aliphatic heterocycles. The number of methoxy groups -OCH3 is 1. The second-order valence-corrected chi connectivity index (χ2v) is 7.33. The molecular weight excluding hydrogens is 338 g/mol. The van der Waals surface area contributed by atoms with Crippen molar-refractivity contribution in [2.24, 2.45) is 4.99 Å². The van der Waals surface area contributed by atoms with E-state index in [9.17, 15) is 0 Å². The molecule has 122 valence electrons. The maximum Gasteiger partial charge on any atom is 0.122 e. The van der Waals surface area contributed by atoms with Crippen molar-refractivity contribution >= 4 is 38.7 Å². The van der Waals surface area contributed by atoms with Crippen LogP contribution in [0, 0.1) is 0 Å². The minimum absolute atomic E-state index is 0.806. The van der Waals surface area contributed by atoms with E-state index in [0.717, 1.165) is 51.7 Å². The van der Waals surface area contributed by atoms with Crippen LogP contribution in [0.2, 0.25) is 5.02 Å². The van der Waals surface area contributed by atoms with Crippen molar-refractivity contribution < 1.29 is 4.74 Å². The molecule has 0 fully saturated rings. The van der Waals surface area contributed by atoms with Crippen molar-refractivity contribution in [2.75, 3.05) is 13.7 Å². The largest absolute Gasteiger partial charge is 0.496 e. The fourth-order valence-corrected chi connectivity index (χ4v) is 4.85. The highest BCUT2D eigenvalue weighted by Crippen LogP contribution is 2.39. The van der Waals surface area contributed by atoms with E-state index in [1.165, 1.54) is 15.8 Å². The van der Waals surface area contributed by atoms with Crippen molar-refractivity contribution in [3.8, 4) is 5.75 Å². The van der Waals surface area contributed by atoms with E-state index in [-0.39, 0.29) is 0 Å². The normalized spacial score (nSPS) is 13.7. The number of rotatable bonds is 3. The van der Waals surface area contributed by atoms with Gasteiger partial charge in [0.1, 0.15) is 5.75 Å². The number of aliphatic imine (C=N–C) groups is 1. The lowest BCUT2D eigenvalue weighted by Gasteiger charge is -2.19. The standard InChI is InChI=1S/C20H18ClNOS/c1-3-12-10-13-8-9-22-19(15(13)11-16(12)23-2)20-18(21)14-6-4-5-7-17(14)24-20/h4-7,10-11H,3,8-9H2,1-2H3. The third-order valence-electron chi connectivity index (χ3n) is 4.54. The first kappa shape index (κ1) is 15.7. The fraction of sp³-hybridized carbons (Fsp3) is 0.250. The Labute approximate surface area is 150 Å². The second kappa shape index (κ2) is 6.23. The lowest BCUT2D eigenvalue weighted by molar-refractivity contribution is 0.410. The SMILES string of the molecule is CCc1cc2c(cc1OC)C(c1sc3ccccc3c1Cl)=NCC2. The molecule has 0 unspecified atom stereocenters. The lowest BCUT2D eigenvalue weighted by atomic mass is 9.93. The summed E-state index contributed by atoms with van der Waals surface area (Å²) in [5.41, 5.74) is 4.75. The summed E-state index contributed by atoms with van der Waals surface area (Å²) in [6.45, 7) is 2.97. The second-order valence-electron chi connectivity index (χ2n) is 5.90. The topological polar surface area (TPSA) is 21.6 Å². The zero-order chi connectivity index (χ0) is 16.7. The number of nitrogens with zero attached hydrogens (tertiary/aromatic N) is 1. The average Bonchev–Trinajstić information content (AvgIpc) is 2.97. The summed E-state index contributed by atoms with van der Waals surface area (Å²) < 4.78 is 6.79. The van der Waals surface area contributed by atoms with E-state index >= 15 is 0 Å². The lowest BCUT2D eigenvalue weighted by Crippen LogP contribution is -2.14. The molecule has 0 spiro atoms. The van der Waals surface area contributed by atoms with Gasteiger partial charge in [-0.2, -0.15) is 0 Å². The average molecular weight is 356 g/mol. The molecule has 4 heteroatoms. The smallest absolute Gasteiger partial charge is 0.122 e. The molecule has 0 saturated heterocycles. The number of fused-ring (bicyclic) bond motifs is 2. The van der Waals surface area contributed by atoms with E-state index in [1.807, 2.05) is 12.1 Å². The Balaban J connectivity index is 1.91. The van der Waals surface area contributed by atoms with E-state index in [4.69, 9.17) is 21.3 Å². The summed E-state index contributed by atoms with van der Waals surface area (Å²) in [6.07, 6.45) is 1.94. The van der Waals surface area contributed by atoms with Gasteiger partial charge in [0.25, 0.3) is 0 Å². The first-order chi connectivity index (χ1) is 11.7. The first-order valence-electron chi connectivity index (χ1n) is 8.15. The Kier molecular flexibility index (Phi) is 4.07. The van der Waals surface area contributed by atoms with Gasteiger partial charge in [-0.25, -0.2) is 0 Å². The molecule has 0 N–H and O–H groups in total. The van der Waals surface area contributed by atoms with Crippen molar-refractivity contribution in [3.63, 3.8) is 0 Å². The van der Waals surface area contributed by atoms with E-state index in [2.05, 4.69) is 31.2 Å². The van der Waals surface area contributed by atoms with Crippen LogP contribution in [0.3, 0.4) is 0 Å². The zero-order valence-corrected chi connectivity index (χ0v) is 15.3. The first-order valence-corrected chi connectivity index (χ1v) is 9.34. The Morgan fingerprint density at radius 2 is 2.08 bits per heavy atom. The Hall–Kier alpha value is -1.84. The number of aryl methyl sites for hydroxylation is 1. The number of hydrogen-bond donors (Lipinski definition) is 0. The molecule has 0 amide bonds. The van der Waals surface area contributed by atoms with Gasteiger partial charge in [0.05, 0.1) is 22.7 Å². The van der Waals surface area contributed by atoms with E-state index < -0.39 is 0 Å². The quantitative estimate of drug-likeness (QED) is 0.606. The third-order valence-corrected chi connectivity index (χ3v) is 6.23. The van der Waals surface area contributed by atoms with Gasteiger partial charge in [0.2, 0.25) is 0 Å². The van der Waals surface area contributed by atoms with Crippen molar-refractivity contribution in [1.82, 2.24) is 0 Å². The number of halogens is 1. The van der Waals surface area contributed by atoms with Gasteiger partial charge in [-0.1, -0.05) is 42.8 Å². The van der Waals surface area contributed by atoms with Gasteiger partial charge in [-0.3, -0.25) is 4.99 Å². The summed E-state index contributed by atoms with van der Waals surface area (Å²) in [6, 6.07) is 12.7. The predicted octanol–water partition coefficient (Wildman–Crippen LogP) is 5.52. The molecule has 2 nitrogen and oxygen atoms in total. The molecule has 24 heavy (non-hydrogen) atoms. The van der Waals surface area contributed by atoms with Crippen LogP contribution in [0.15, 0.2) is 41.4 Å². The zero-order valence-electron chi connectivity index (χ0n) is 13.7. The number of ether oxygens (including phenoxy) is 1. The Morgan fingerprint density at radius 1 is 1.25 bits per heavy atom. The molecular formula is C20H18ClNOS. The van der Waals surface area contributed by atoms with Gasteiger partial charge in [-0.15, -0.1) is 11.3 Å². The number of benzene rings is 2. The third kappa shape index (κ3) is 2.43. The molecule has 1 aliphatic rings. The van der Waals surface area contributed by atoms with E-state index in [1.54, 1.807) is 18.4 Å². The van der Waals surface area contributed by atoms with Gasteiger partial charge < -0.3 is 4.74 Å². The molecule has 2 heterocycles. The van der Waals surface area contributed by atoms with Gasteiger partial charge in [-0.05, 0) is 36.1 Å². The van der Waals surface area contributed by atoms with Crippen molar-refractivity contribution in [3.05, 3.63) is 63.0 Å². The Bertz CT molecular complexity index is 958. The summed E-state index contributed by atoms with van der Waals surface area (Å²) in [7, 11) is 1.73. The number of hydrogen-bond acceptors (Lipinski definition) is 3. The van der Waals surface area contributed by atoms with E-state index in [0.29, 0.717) is 0 Å². The van der Waals surface area contributed by atoms with Gasteiger partial charge in [0, 0.05) is 22.2 Å². The summed E-state index contributed by atoms with van der Waals surface area (Å²) >= 11 is 8.40. The summed E-state index contributed by atoms with van der Waals surface area (Å²) in [4.78, 5) is 5.88. The molecule has 3 aromatic rings. The molecule has 0 aliphatic carbocycles. The monoisotopic (exact) mass is 355 g/mol. The minimum atomic E-state index is 0.806. The highest BCUT2D eigenvalue weighted by Gasteiger charge is 2.23. The molecule has 0 atom stereocenters. The van der Waals surface area contributed by atoms with Crippen molar-refractivity contribution in [2.45, 2.75) is 19.8 Å². The van der Waals surface area contributed by atoms with Crippen molar-refractivity contribution in [1.29, 1.82) is 0 Å². The summed E-state index contributed by atoms with van der Waals surface area (Å²) in [5.74, 6) is 0.933. The minimum Gasteiger partial charge on any atom is -0.496 e. The predicted molar refractivity (Wildman–Crippen MR) is 103 cm³/mol. The number of thiophene rings is 1.